The fraction of sp³-hybridized carbons (Fsp3) is 0.538. The molecule has 2 rings (SSSR count). The van der Waals surface area contributed by atoms with Gasteiger partial charge in [-0.25, -0.2) is 0 Å². The van der Waals surface area contributed by atoms with Gasteiger partial charge >= 0.3 is 0 Å². The van der Waals surface area contributed by atoms with Crippen LogP contribution in [-0.2, 0) is 0 Å². The highest BCUT2D eigenvalue weighted by atomic mass is 35.5. The minimum atomic E-state index is -0.153. The van der Waals surface area contributed by atoms with Crippen molar-refractivity contribution in [2.75, 3.05) is 0 Å². The van der Waals surface area contributed by atoms with Crippen molar-refractivity contribution in [2.24, 2.45) is 0 Å². The second-order valence-corrected chi connectivity index (χ2v) is 5.56. The van der Waals surface area contributed by atoms with Crippen LogP contribution in [0.5, 0.6) is 5.75 Å². The molecule has 1 aliphatic heterocycles. The van der Waals surface area contributed by atoms with Crippen LogP contribution in [0.2, 0.25) is 0 Å². The van der Waals surface area contributed by atoms with Crippen molar-refractivity contribution in [2.45, 2.75) is 45.1 Å². The van der Waals surface area contributed by atoms with Gasteiger partial charge < -0.3 is 4.74 Å². The van der Waals surface area contributed by atoms with E-state index in [1.807, 2.05) is 0 Å². The van der Waals surface area contributed by atoms with Gasteiger partial charge in [0, 0.05) is 12.0 Å². The van der Waals surface area contributed by atoms with Crippen LogP contribution in [-0.4, -0.2) is 5.60 Å². The number of aryl methyl sites for hydroxylation is 2. The van der Waals surface area contributed by atoms with Crippen LogP contribution in [0.15, 0.2) is 12.1 Å². The third-order valence-electron chi connectivity index (χ3n) is 2.83. The van der Waals surface area contributed by atoms with Gasteiger partial charge in [-0.3, -0.25) is 0 Å². The van der Waals surface area contributed by atoms with Crippen LogP contribution in [0.3, 0.4) is 0 Å². The molecule has 1 unspecified atom stereocenters. The van der Waals surface area contributed by atoms with Gasteiger partial charge in [0.15, 0.2) is 0 Å². The molecule has 0 fully saturated rings. The number of rotatable bonds is 0. The number of hydrogen-bond acceptors (Lipinski definition) is 1. The van der Waals surface area contributed by atoms with Crippen LogP contribution < -0.4 is 4.74 Å². The lowest BCUT2D eigenvalue weighted by atomic mass is 9.91. The van der Waals surface area contributed by atoms with E-state index >= 15 is 0 Å². The van der Waals surface area contributed by atoms with E-state index in [4.69, 9.17) is 16.3 Å². The molecule has 0 bridgehead atoms. The molecule has 0 aromatic heterocycles. The molecule has 1 atom stereocenters. The fourth-order valence-corrected chi connectivity index (χ4v) is 2.75. The van der Waals surface area contributed by atoms with Gasteiger partial charge in [0.05, 0.1) is 5.38 Å². The minimum absolute atomic E-state index is 0.0716. The van der Waals surface area contributed by atoms with Gasteiger partial charge in [-0.15, -0.1) is 11.6 Å². The molecule has 0 saturated carbocycles. The number of fused-ring (bicyclic) bond motifs is 1. The molecule has 0 aliphatic carbocycles. The van der Waals surface area contributed by atoms with Gasteiger partial charge in [-0.1, -0.05) is 17.7 Å². The summed E-state index contributed by atoms with van der Waals surface area (Å²) < 4.78 is 5.99. The van der Waals surface area contributed by atoms with Crippen LogP contribution >= 0.6 is 11.6 Å². The van der Waals surface area contributed by atoms with Gasteiger partial charge in [0.25, 0.3) is 0 Å². The topological polar surface area (TPSA) is 9.23 Å². The number of hydrogen-bond donors (Lipinski definition) is 0. The third kappa shape index (κ3) is 1.98. The smallest absolute Gasteiger partial charge is 0.127 e. The maximum atomic E-state index is 6.40. The predicted molar refractivity (Wildman–Crippen MR) is 63.8 cm³/mol. The van der Waals surface area contributed by atoms with E-state index in [1.54, 1.807) is 0 Å². The molecular formula is C13H17ClO. The maximum Gasteiger partial charge on any atom is 0.127 e. The van der Waals surface area contributed by atoms with E-state index in [1.165, 1.54) is 11.1 Å². The predicted octanol–water partition coefficient (Wildman–Crippen LogP) is 4.14. The Kier molecular flexibility index (Phi) is 2.46. The molecule has 0 amide bonds. The summed E-state index contributed by atoms with van der Waals surface area (Å²) in [6.45, 7) is 8.35. The Labute approximate surface area is 96.4 Å². The summed E-state index contributed by atoms with van der Waals surface area (Å²) >= 11 is 6.40. The highest BCUT2D eigenvalue weighted by Gasteiger charge is 2.33. The summed E-state index contributed by atoms with van der Waals surface area (Å²) in [6, 6.07) is 4.28. The van der Waals surface area contributed by atoms with Crippen molar-refractivity contribution in [1.29, 1.82) is 0 Å². The summed E-state index contributed by atoms with van der Waals surface area (Å²) in [5.74, 6) is 0.983. The molecule has 1 heterocycles. The highest BCUT2D eigenvalue weighted by Crippen LogP contribution is 2.44. The fourth-order valence-electron chi connectivity index (χ4n) is 2.22. The average molecular weight is 225 g/mol. The Morgan fingerprint density at radius 3 is 2.67 bits per heavy atom. The van der Waals surface area contributed by atoms with Crippen LogP contribution in [0.4, 0.5) is 0 Å². The first-order valence-corrected chi connectivity index (χ1v) is 5.77. The molecule has 82 valence electrons. The summed E-state index contributed by atoms with van der Waals surface area (Å²) in [5, 5.41) is 0.0716. The Hall–Kier alpha value is -0.690. The first-order valence-electron chi connectivity index (χ1n) is 5.33. The van der Waals surface area contributed by atoms with E-state index in [0.29, 0.717) is 0 Å². The number of halogens is 1. The van der Waals surface area contributed by atoms with Crippen molar-refractivity contribution in [1.82, 2.24) is 0 Å². The Morgan fingerprint density at radius 1 is 1.33 bits per heavy atom. The largest absolute Gasteiger partial charge is 0.487 e. The van der Waals surface area contributed by atoms with Crippen molar-refractivity contribution in [3.8, 4) is 5.75 Å². The summed E-state index contributed by atoms with van der Waals surface area (Å²) in [4.78, 5) is 0. The van der Waals surface area contributed by atoms with Gasteiger partial charge in [0.2, 0.25) is 0 Å². The second kappa shape index (κ2) is 3.41. The second-order valence-electron chi connectivity index (χ2n) is 5.03. The van der Waals surface area contributed by atoms with Gasteiger partial charge in [-0.2, -0.15) is 0 Å². The number of benzene rings is 1. The lowest BCUT2D eigenvalue weighted by Gasteiger charge is -2.36. The van der Waals surface area contributed by atoms with E-state index in [0.717, 1.165) is 17.7 Å². The highest BCUT2D eigenvalue weighted by molar-refractivity contribution is 6.21. The zero-order valence-electron chi connectivity index (χ0n) is 9.73. The molecule has 0 radical (unpaired) electrons. The zero-order valence-corrected chi connectivity index (χ0v) is 10.5. The van der Waals surface area contributed by atoms with Crippen molar-refractivity contribution < 1.29 is 4.74 Å². The monoisotopic (exact) mass is 224 g/mol. The molecule has 1 aliphatic rings. The summed E-state index contributed by atoms with van der Waals surface area (Å²) in [7, 11) is 0. The van der Waals surface area contributed by atoms with Gasteiger partial charge in [-0.05, 0) is 33.3 Å². The molecule has 0 saturated heterocycles. The Morgan fingerprint density at radius 2 is 2.00 bits per heavy atom. The SMILES string of the molecule is Cc1cc(C)c2c(c1)C(Cl)CC(C)(C)O2. The number of alkyl halides is 1. The van der Waals surface area contributed by atoms with E-state index in [-0.39, 0.29) is 11.0 Å². The van der Waals surface area contributed by atoms with Crippen LogP contribution in [0.25, 0.3) is 0 Å². The Balaban J connectivity index is 2.55. The standard InChI is InChI=1S/C13H17ClO/c1-8-5-9(2)12-10(6-8)11(14)7-13(3,4)15-12/h5-6,11H,7H2,1-4H3. The quantitative estimate of drug-likeness (QED) is 0.602. The summed E-state index contributed by atoms with van der Waals surface area (Å²) in [5.41, 5.74) is 3.43. The molecule has 0 spiro atoms. The van der Waals surface area contributed by atoms with E-state index in [2.05, 4.69) is 39.8 Å². The van der Waals surface area contributed by atoms with E-state index < -0.39 is 0 Å². The van der Waals surface area contributed by atoms with Gasteiger partial charge in [0.1, 0.15) is 11.4 Å². The Bertz CT molecular complexity index is 396. The summed E-state index contributed by atoms with van der Waals surface area (Å²) in [6.07, 6.45) is 0.866. The first kappa shape index (κ1) is 10.8. The molecule has 1 nitrogen and oxygen atoms in total. The minimum Gasteiger partial charge on any atom is -0.487 e. The maximum absolute atomic E-state index is 6.40. The average Bonchev–Trinajstić information content (AvgIpc) is 2.06. The first-order chi connectivity index (χ1) is 6.89. The zero-order chi connectivity index (χ0) is 11.2. The molecule has 15 heavy (non-hydrogen) atoms. The van der Waals surface area contributed by atoms with Crippen molar-refractivity contribution in [3.63, 3.8) is 0 Å². The lowest BCUT2D eigenvalue weighted by molar-refractivity contribution is 0.0815. The molecule has 2 heteroatoms. The van der Waals surface area contributed by atoms with E-state index in [9.17, 15) is 0 Å². The number of ether oxygens (including phenoxy) is 1. The van der Waals surface area contributed by atoms with Crippen molar-refractivity contribution in [3.05, 3.63) is 28.8 Å². The molecule has 1 aromatic rings. The normalized spacial score (nSPS) is 23.1. The lowest BCUT2D eigenvalue weighted by Crippen LogP contribution is -2.34. The van der Waals surface area contributed by atoms with Crippen LogP contribution in [0.1, 0.15) is 42.3 Å². The van der Waals surface area contributed by atoms with Crippen LogP contribution in [0, 0.1) is 13.8 Å². The molecular weight excluding hydrogens is 208 g/mol. The van der Waals surface area contributed by atoms with Crippen molar-refractivity contribution >= 4 is 11.6 Å². The molecule has 1 aromatic carbocycles. The third-order valence-corrected chi connectivity index (χ3v) is 3.22. The molecule has 0 N–H and O–H groups in total.